The van der Waals surface area contributed by atoms with Gasteiger partial charge in [-0.05, 0) is 42.7 Å². The fourth-order valence-corrected chi connectivity index (χ4v) is 2.86. The smallest absolute Gasteiger partial charge is 0.311 e. The maximum Gasteiger partial charge on any atom is 0.311 e. The highest BCUT2D eigenvalue weighted by molar-refractivity contribution is 7.80. The largest absolute Gasteiger partial charge is 0.422 e. The SMILES string of the molecule is O=C1CCCCC(=O)Oc2c(-c3ccc(S)cc3)ccc(S)c2O1. The van der Waals surface area contributed by atoms with Gasteiger partial charge in [-0.1, -0.05) is 12.1 Å². The number of benzene rings is 2. The van der Waals surface area contributed by atoms with Crippen LogP contribution in [0.3, 0.4) is 0 Å². The Kier molecular flexibility index (Phi) is 5.16. The monoisotopic (exact) mass is 360 g/mol. The number of esters is 2. The Morgan fingerprint density at radius 3 is 1.96 bits per heavy atom. The Morgan fingerprint density at radius 2 is 1.33 bits per heavy atom. The maximum absolute atomic E-state index is 12.1. The molecule has 0 bridgehead atoms. The number of ether oxygens (including phenoxy) is 2. The molecule has 2 aromatic carbocycles. The molecule has 1 aliphatic rings. The molecule has 0 N–H and O–H groups in total. The van der Waals surface area contributed by atoms with Crippen LogP contribution in [0.15, 0.2) is 46.2 Å². The zero-order valence-corrected chi connectivity index (χ0v) is 14.6. The van der Waals surface area contributed by atoms with Gasteiger partial charge in [0.2, 0.25) is 0 Å². The second-order valence-corrected chi connectivity index (χ2v) is 6.49. The van der Waals surface area contributed by atoms with Crippen LogP contribution in [0.5, 0.6) is 11.5 Å². The van der Waals surface area contributed by atoms with Crippen molar-refractivity contribution >= 4 is 37.2 Å². The Labute approximate surface area is 151 Å². The average Bonchev–Trinajstić information content (AvgIpc) is 2.56. The van der Waals surface area contributed by atoms with Crippen molar-refractivity contribution in [3.8, 4) is 22.6 Å². The molecular weight excluding hydrogens is 344 g/mol. The summed E-state index contributed by atoms with van der Waals surface area (Å²) in [4.78, 5) is 25.3. The normalized spacial score (nSPS) is 15.2. The van der Waals surface area contributed by atoms with E-state index in [9.17, 15) is 9.59 Å². The van der Waals surface area contributed by atoms with Crippen LogP contribution < -0.4 is 9.47 Å². The third-order valence-corrected chi connectivity index (χ3v) is 4.36. The number of rotatable bonds is 1. The van der Waals surface area contributed by atoms with E-state index < -0.39 is 0 Å². The van der Waals surface area contributed by atoms with Gasteiger partial charge >= 0.3 is 11.9 Å². The Morgan fingerprint density at radius 1 is 0.750 bits per heavy atom. The van der Waals surface area contributed by atoms with Gasteiger partial charge in [0, 0.05) is 23.3 Å². The van der Waals surface area contributed by atoms with Gasteiger partial charge in [0.15, 0.2) is 11.5 Å². The van der Waals surface area contributed by atoms with Crippen molar-refractivity contribution in [1.29, 1.82) is 0 Å². The topological polar surface area (TPSA) is 52.6 Å². The van der Waals surface area contributed by atoms with Gasteiger partial charge in [-0.3, -0.25) is 9.59 Å². The van der Waals surface area contributed by atoms with Crippen LogP contribution in [0, 0.1) is 0 Å². The van der Waals surface area contributed by atoms with Gasteiger partial charge in [0.1, 0.15) is 0 Å². The van der Waals surface area contributed by atoms with E-state index >= 15 is 0 Å². The minimum atomic E-state index is -0.354. The minimum absolute atomic E-state index is 0.186. The first-order valence-electron chi connectivity index (χ1n) is 7.61. The summed E-state index contributed by atoms with van der Waals surface area (Å²) >= 11 is 8.62. The van der Waals surface area contributed by atoms with Crippen LogP contribution in [0.1, 0.15) is 25.7 Å². The molecule has 124 valence electrons. The zero-order chi connectivity index (χ0) is 17.1. The molecule has 0 radical (unpaired) electrons. The van der Waals surface area contributed by atoms with Crippen LogP contribution >= 0.6 is 25.3 Å². The number of hydrogen-bond donors (Lipinski definition) is 2. The second kappa shape index (κ2) is 7.32. The highest BCUT2D eigenvalue weighted by atomic mass is 32.1. The van der Waals surface area contributed by atoms with Gasteiger partial charge in [0.05, 0.1) is 4.90 Å². The third kappa shape index (κ3) is 3.76. The van der Waals surface area contributed by atoms with Crippen LogP contribution in [0.25, 0.3) is 11.1 Å². The molecule has 0 spiro atoms. The highest BCUT2D eigenvalue weighted by Gasteiger charge is 2.22. The Hall–Kier alpha value is -1.92. The number of carbonyl (C=O) groups is 2. The molecule has 0 saturated carbocycles. The molecule has 0 unspecified atom stereocenters. The summed E-state index contributed by atoms with van der Waals surface area (Å²) in [7, 11) is 0. The van der Waals surface area contributed by atoms with E-state index in [0.717, 1.165) is 10.5 Å². The first-order chi connectivity index (χ1) is 11.5. The molecule has 0 atom stereocenters. The van der Waals surface area contributed by atoms with Crippen LogP contribution in [-0.4, -0.2) is 11.9 Å². The summed E-state index contributed by atoms with van der Waals surface area (Å²) in [5.41, 5.74) is 1.50. The molecule has 0 aliphatic carbocycles. The fraction of sp³-hybridized carbons (Fsp3) is 0.222. The Balaban J connectivity index is 2.14. The molecule has 6 heteroatoms. The van der Waals surface area contributed by atoms with Crippen molar-refractivity contribution < 1.29 is 19.1 Å². The summed E-state index contributed by atoms with van der Waals surface area (Å²) in [5.74, 6) is -0.284. The van der Waals surface area contributed by atoms with E-state index in [1.54, 1.807) is 12.1 Å². The molecule has 3 rings (SSSR count). The summed E-state index contributed by atoms with van der Waals surface area (Å²) in [6.45, 7) is 0. The van der Waals surface area contributed by atoms with E-state index in [4.69, 9.17) is 9.47 Å². The van der Waals surface area contributed by atoms with Gasteiger partial charge in [-0.2, -0.15) is 0 Å². The quantitative estimate of drug-likeness (QED) is 0.452. The molecule has 0 fully saturated rings. The lowest BCUT2D eigenvalue weighted by molar-refractivity contribution is -0.138. The number of carbonyl (C=O) groups excluding carboxylic acids is 2. The molecule has 1 aliphatic heterocycles. The number of thiol groups is 2. The molecule has 0 aromatic heterocycles. The molecule has 1 heterocycles. The van der Waals surface area contributed by atoms with Gasteiger partial charge in [0.25, 0.3) is 0 Å². The average molecular weight is 360 g/mol. The third-order valence-electron chi connectivity index (χ3n) is 3.71. The maximum atomic E-state index is 12.1. The standard InChI is InChI=1S/C18H16O4S2/c19-15-3-1-2-4-16(20)22-18-14(24)10-9-13(17(18)21-15)11-5-7-12(23)8-6-11/h5-10,23-24H,1-4H2. The zero-order valence-electron chi connectivity index (χ0n) is 12.8. The van der Waals surface area contributed by atoms with E-state index in [2.05, 4.69) is 25.3 Å². The van der Waals surface area contributed by atoms with Crippen LogP contribution in [0.2, 0.25) is 0 Å². The molecule has 24 heavy (non-hydrogen) atoms. The summed E-state index contributed by atoms with van der Waals surface area (Å²) in [6.07, 6.45) is 1.71. The fourth-order valence-electron chi connectivity index (χ4n) is 2.49. The lowest BCUT2D eigenvalue weighted by atomic mass is 10.0. The van der Waals surface area contributed by atoms with Crippen molar-refractivity contribution in [2.75, 3.05) is 0 Å². The van der Waals surface area contributed by atoms with Crippen molar-refractivity contribution in [2.45, 2.75) is 35.5 Å². The van der Waals surface area contributed by atoms with Crippen molar-refractivity contribution in [1.82, 2.24) is 0 Å². The van der Waals surface area contributed by atoms with Gasteiger partial charge in [-0.15, -0.1) is 25.3 Å². The highest BCUT2D eigenvalue weighted by Crippen LogP contribution is 2.43. The first-order valence-corrected chi connectivity index (χ1v) is 8.51. The Bertz CT molecular complexity index is 784. The van der Waals surface area contributed by atoms with Crippen molar-refractivity contribution in [3.05, 3.63) is 36.4 Å². The lowest BCUT2D eigenvalue weighted by Gasteiger charge is -2.18. The van der Waals surface area contributed by atoms with Gasteiger partial charge in [-0.25, -0.2) is 0 Å². The number of hydrogen-bond acceptors (Lipinski definition) is 6. The van der Waals surface area contributed by atoms with Crippen LogP contribution in [-0.2, 0) is 9.59 Å². The molecule has 4 nitrogen and oxygen atoms in total. The van der Waals surface area contributed by atoms with E-state index in [1.807, 2.05) is 24.3 Å². The molecule has 0 saturated heterocycles. The van der Waals surface area contributed by atoms with E-state index in [0.29, 0.717) is 23.3 Å². The van der Waals surface area contributed by atoms with Crippen molar-refractivity contribution in [2.24, 2.45) is 0 Å². The molecular formula is C18H16O4S2. The predicted molar refractivity (Wildman–Crippen MR) is 96.1 cm³/mol. The summed E-state index contributed by atoms with van der Waals surface area (Å²) < 4.78 is 11.0. The minimum Gasteiger partial charge on any atom is -0.422 e. The predicted octanol–water partition coefficient (Wildman–Crippen LogP) is 4.32. The lowest BCUT2D eigenvalue weighted by Crippen LogP contribution is -2.15. The van der Waals surface area contributed by atoms with E-state index in [-0.39, 0.29) is 36.3 Å². The second-order valence-electron chi connectivity index (χ2n) is 5.49. The molecule has 2 aromatic rings. The van der Waals surface area contributed by atoms with Crippen LogP contribution in [0.4, 0.5) is 0 Å². The first kappa shape index (κ1) is 16.9. The number of fused-ring (bicyclic) bond motifs is 1. The molecule has 0 amide bonds. The summed E-state index contributed by atoms with van der Waals surface area (Å²) in [5, 5.41) is 0. The van der Waals surface area contributed by atoms with Gasteiger partial charge < -0.3 is 9.47 Å². The van der Waals surface area contributed by atoms with E-state index in [1.165, 1.54) is 0 Å². The summed E-state index contributed by atoms with van der Waals surface area (Å²) in [6, 6.07) is 10.9. The van der Waals surface area contributed by atoms with Crippen molar-refractivity contribution in [3.63, 3.8) is 0 Å².